The zero-order valence-electron chi connectivity index (χ0n) is 23.0. The number of aromatic hydroxyl groups is 1. The van der Waals surface area contributed by atoms with Gasteiger partial charge in [-0.25, -0.2) is 8.78 Å². The number of benzene rings is 2. The highest BCUT2D eigenvalue weighted by atomic mass is 19.1. The van der Waals surface area contributed by atoms with Crippen molar-refractivity contribution >= 4 is 27.5 Å². The van der Waals surface area contributed by atoms with Gasteiger partial charge in [0.2, 0.25) is 0 Å². The summed E-state index contributed by atoms with van der Waals surface area (Å²) >= 11 is 0. The molecule has 2 aromatic heterocycles. The van der Waals surface area contributed by atoms with Crippen molar-refractivity contribution in [1.82, 2.24) is 25.2 Å². The van der Waals surface area contributed by atoms with Gasteiger partial charge in [-0.2, -0.15) is 9.97 Å². The van der Waals surface area contributed by atoms with E-state index in [9.17, 15) is 9.50 Å². The van der Waals surface area contributed by atoms with E-state index in [0.717, 1.165) is 38.9 Å². The Morgan fingerprint density at radius 2 is 2.14 bits per heavy atom. The zero-order valence-corrected chi connectivity index (χ0v) is 23.0. The van der Waals surface area contributed by atoms with Gasteiger partial charge in [0.1, 0.15) is 35.6 Å². The minimum atomic E-state index is -0.884. The highest BCUT2D eigenvalue weighted by molar-refractivity contribution is 6.02. The first kappa shape index (κ1) is 25.6. The van der Waals surface area contributed by atoms with Gasteiger partial charge in [-0.1, -0.05) is 18.1 Å². The predicted molar refractivity (Wildman–Crippen MR) is 156 cm³/mol. The van der Waals surface area contributed by atoms with E-state index in [1.54, 1.807) is 24.4 Å². The molecule has 4 aromatic rings. The fourth-order valence-electron chi connectivity index (χ4n) is 7.68. The molecule has 4 atom stereocenters. The minimum Gasteiger partial charge on any atom is -0.508 e. The lowest BCUT2D eigenvalue weighted by atomic mass is 9.95. The Labute approximate surface area is 241 Å². The maximum atomic E-state index is 16.7. The minimum absolute atomic E-state index is 0.0240. The van der Waals surface area contributed by atoms with Crippen LogP contribution in [0.5, 0.6) is 11.8 Å². The lowest BCUT2D eigenvalue weighted by molar-refractivity contribution is 0.107. The lowest BCUT2D eigenvalue weighted by Gasteiger charge is -2.32. The zero-order chi connectivity index (χ0) is 28.6. The number of fused-ring (bicyclic) bond motifs is 5. The van der Waals surface area contributed by atoms with Gasteiger partial charge in [-0.3, -0.25) is 9.88 Å². The number of rotatable bonds is 5. The van der Waals surface area contributed by atoms with Gasteiger partial charge < -0.3 is 20.1 Å². The van der Waals surface area contributed by atoms with Crippen LogP contribution < -0.4 is 15.0 Å². The summed E-state index contributed by atoms with van der Waals surface area (Å²) in [7, 11) is 0. The van der Waals surface area contributed by atoms with E-state index in [1.165, 1.54) is 6.07 Å². The second kappa shape index (κ2) is 9.48. The van der Waals surface area contributed by atoms with E-state index in [-0.39, 0.29) is 41.2 Å². The molecule has 6 heterocycles. The van der Waals surface area contributed by atoms with Crippen molar-refractivity contribution in [2.45, 2.75) is 49.5 Å². The van der Waals surface area contributed by atoms with Gasteiger partial charge in [0.05, 0.1) is 10.9 Å². The number of anilines is 1. The fourth-order valence-corrected chi connectivity index (χ4v) is 7.68. The molecule has 214 valence electrons. The molecule has 10 heteroatoms. The highest BCUT2D eigenvalue weighted by Crippen LogP contribution is 2.42. The van der Waals surface area contributed by atoms with E-state index in [0.29, 0.717) is 52.1 Å². The van der Waals surface area contributed by atoms with Gasteiger partial charge in [0, 0.05) is 60.8 Å². The highest BCUT2D eigenvalue weighted by Gasteiger charge is 2.49. The number of pyridine rings is 1. The summed E-state index contributed by atoms with van der Waals surface area (Å²) in [6.45, 7) is 3.06. The molecule has 2 aromatic carbocycles. The number of ether oxygens (including phenoxy) is 1. The number of halogens is 2. The van der Waals surface area contributed by atoms with Gasteiger partial charge in [0.25, 0.3) is 0 Å². The first-order valence-electron chi connectivity index (χ1n) is 14.5. The molecule has 0 amide bonds. The van der Waals surface area contributed by atoms with Crippen LogP contribution in [0, 0.1) is 18.2 Å². The topological polar surface area (TPSA) is 86.6 Å². The van der Waals surface area contributed by atoms with Gasteiger partial charge in [0.15, 0.2) is 5.82 Å². The van der Waals surface area contributed by atoms with Gasteiger partial charge >= 0.3 is 6.01 Å². The number of nitrogens with zero attached hydrogens (tertiary/aromatic N) is 5. The third-order valence-corrected chi connectivity index (χ3v) is 9.58. The molecule has 0 aliphatic carbocycles. The Balaban J connectivity index is 1.27. The third-order valence-electron chi connectivity index (χ3n) is 9.58. The summed E-state index contributed by atoms with van der Waals surface area (Å²) in [5, 5.41) is 15.8. The van der Waals surface area contributed by atoms with E-state index >= 15 is 4.39 Å². The smallest absolute Gasteiger partial charge is 0.319 e. The number of phenolic OH excluding ortho intramolecular Hbond substituents is 1. The molecule has 2 bridgehead atoms. The van der Waals surface area contributed by atoms with Crippen LogP contribution in [0.3, 0.4) is 0 Å². The summed E-state index contributed by atoms with van der Waals surface area (Å²) in [5.74, 6) is 2.59. The number of aromatic nitrogens is 3. The third kappa shape index (κ3) is 3.91. The molecule has 4 fully saturated rings. The average Bonchev–Trinajstić information content (AvgIpc) is 3.77. The van der Waals surface area contributed by atoms with Crippen molar-refractivity contribution in [3.8, 4) is 35.4 Å². The monoisotopic (exact) mass is 568 g/mol. The summed E-state index contributed by atoms with van der Waals surface area (Å²) in [6, 6.07) is 9.10. The summed E-state index contributed by atoms with van der Waals surface area (Å²) in [5.41, 5.74) is 0.678. The Hall–Kier alpha value is -4.07. The molecule has 4 aliphatic rings. The molecule has 8 rings (SSSR count). The number of hydrogen-bond donors (Lipinski definition) is 2. The van der Waals surface area contributed by atoms with E-state index < -0.39 is 12.0 Å². The van der Waals surface area contributed by atoms with Crippen molar-refractivity contribution < 1.29 is 18.6 Å². The van der Waals surface area contributed by atoms with Gasteiger partial charge in [-0.15, -0.1) is 6.42 Å². The van der Waals surface area contributed by atoms with Crippen molar-refractivity contribution in [3.63, 3.8) is 0 Å². The molecule has 0 saturated carbocycles. The molecule has 0 unspecified atom stereocenters. The Morgan fingerprint density at radius 1 is 1.24 bits per heavy atom. The number of nitrogens with one attached hydrogen (secondary N) is 1. The Morgan fingerprint density at radius 3 is 2.95 bits per heavy atom. The maximum Gasteiger partial charge on any atom is 0.319 e. The van der Waals surface area contributed by atoms with Crippen LogP contribution >= 0.6 is 0 Å². The van der Waals surface area contributed by atoms with Crippen molar-refractivity contribution in [1.29, 1.82) is 0 Å². The largest absolute Gasteiger partial charge is 0.508 e. The fraction of sp³-hybridized carbons (Fsp3) is 0.406. The molecule has 42 heavy (non-hydrogen) atoms. The second-order valence-electron chi connectivity index (χ2n) is 12.1. The molecule has 2 N–H and O–H groups in total. The first-order chi connectivity index (χ1) is 20.4. The Bertz CT molecular complexity index is 1790. The van der Waals surface area contributed by atoms with Gasteiger partial charge in [-0.05, 0) is 49.4 Å². The Kier molecular flexibility index (Phi) is 5.78. The molecular weight excluding hydrogens is 538 g/mol. The lowest BCUT2D eigenvalue weighted by Crippen LogP contribution is -2.44. The van der Waals surface area contributed by atoms with Crippen molar-refractivity contribution in [2.75, 3.05) is 37.7 Å². The van der Waals surface area contributed by atoms with Crippen molar-refractivity contribution in [3.05, 3.63) is 47.9 Å². The van der Waals surface area contributed by atoms with Crippen LogP contribution in [0.1, 0.15) is 31.2 Å². The van der Waals surface area contributed by atoms with Crippen LogP contribution in [0.25, 0.3) is 32.9 Å². The van der Waals surface area contributed by atoms with Crippen LogP contribution in [0.15, 0.2) is 36.5 Å². The summed E-state index contributed by atoms with van der Waals surface area (Å²) in [6.07, 6.45) is 9.75. The molecule has 4 aliphatic heterocycles. The standard InChI is InChI=1S/C32H30F2N6O2/c1-2-18-5-3-6-19-9-23(41)11-24(26(18)19)28-27(34)29-25(14-36-28)30(40-16-21-10-22(40)13-35-21)38-31(37-29)42-17-32-7-4-8-39(32)15-20(33)12-32/h1,3,5-6,9,11,14,20-22,35,41H,4,7-8,10,12-13,15-17H2/t20-,21-,22-,32+/m1/s1. The van der Waals surface area contributed by atoms with E-state index in [1.807, 2.05) is 6.07 Å². The average molecular weight is 569 g/mol. The SMILES string of the molecule is C#Cc1cccc2cc(O)cc(-c3ncc4c(N5C[C@H]6C[C@@H]5CN6)nc(OC[C@@]56CCCN5C[C@H](F)C6)nc4c3F)c12. The van der Waals surface area contributed by atoms with E-state index in [2.05, 4.69) is 31.0 Å². The molecule has 0 spiro atoms. The second-order valence-corrected chi connectivity index (χ2v) is 12.1. The van der Waals surface area contributed by atoms with Crippen LogP contribution in [-0.4, -0.2) is 81.5 Å². The first-order valence-corrected chi connectivity index (χ1v) is 14.5. The predicted octanol–water partition coefficient (Wildman–Crippen LogP) is 4.18. The maximum absolute atomic E-state index is 16.7. The number of terminal acetylenes is 1. The normalized spacial score (nSPS) is 26.8. The molecule has 0 radical (unpaired) electrons. The number of hydrogen-bond acceptors (Lipinski definition) is 8. The molecule has 8 nitrogen and oxygen atoms in total. The van der Waals surface area contributed by atoms with Crippen LogP contribution in [-0.2, 0) is 0 Å². The van der Waals surface area contributed by atoms with Crippen LogP contribution in [0.4, 0.5) is 14.6 Å². The number of alkyl halides is 1. The summed E-state index contributed by atoms with van der Waals surface area (Å²) < 4.78 is 37.3. The van der Waals surface area contributed by atoms with Crippen LogP contribution in [0.2, 0.25) is 0 Å². The number of piperazine rings is 1. The molecule has 4 saturated heterocycles. The number of phenols is 1. The summed E-state index contributed by atoms with van der Waals surface area (Å²) in [4.78, 5) is 18.3. The quantitative estimate of drug-likeness (QED) is 0.347. The van der Waals surface area contributed by atoms with E-state index in [4.69, 9.17) is 16.1 Å². The molecular formula is C32H30F2N6O2. The van der Waals surface area contributed by atoms with Crippen molar-refractivity contribution in [2.24, 2.45) is 0 Å².